The van der Waals surface area contributed by atoms with Gasteiger partial charge >= 0.3 is 0 Å². The van der Waals surface area contributed by atoms with Crippen LogP contribution in [0.5, 0.6) is 23.1 Å². The zero-order chi connectivity index (χ0) is 25.9. The van der Waals surface area contributed by atoms with Crippen molar-refractivity contribution in [2.24, 2.45) is 5.92 Å². The van der Waals surface area contributed by atoms with Gasteiger partial charge in [-0.05, 0) is 43.0 Å². The molecule has 37 heavy (non-hydrogen) atoms. The number of amides is 1. The fourth-order valence-electron chi connectivity index (χ4n) is 4.72. The maximum atomic E-state index is 14.5. The summed E-state index contributed by atoms with van der Waals surface area (Å²) in [6, 6.07) is 11.3. The monoisotopic (exact) mass is 506 g/mol. The summed E-state index contributed by atoms with van der Waals surface area (Å²) in [5, 5.41) is 0. The molecule has 0 radical (unpaired) electrons. The average Bonchev–Trinajstić information content (AvgIpc) is 2.93. The molecule has 0 spiro atoms. The first kappa shape index (κ1) is 24.8. The Morgan fingerprint density at radius 3 is 2.38 bits per heavy atom. The van der Waals surface area contributed by atoms with Gasteiger partial charge in [-0.1, -0.05) is 19.1 Å². The molecule has 2 aliphatic heterocycles. The van der Waals surface area contributed by atoms with Gasteiger partial charge in [0, 0.05) is 37.7 Å². The number of rotatable bonds is 6. The van der Waals surface area contributed by atoms with Crippen LogP contribution >= 0.6 is 0 Å². The number of hydrogen-bond donors (Lipinski definition) is 0. The average molecular weight is 507 g/mol. The Labute approximate surface area is 216 Å². The van der Waals surface area contributed by atoms with Gasteiger partial charge in [-0.25, -0.2) is 9.37 Å². The third-order valence-corrected chi connectivity index (χ3v) is 7.01. The molecule has 2 aromatic carbocycles. The van der Waals surface area contributed by atoms with Crippen molar-refractivity contribution in [3.05, 3.63) is 65.1 Å². The smallest absolute Gasteiger partial charge is 0.254 e. The molecule has 1 amide bonds. The van der Waals surface area contributed by atoms with Gasteiger partial charge in [0.1, 0.15) is 11.5 Å². The number of methoxy groups -OCH3 is 2. The lowest BCUT2D eigenvalue weighted by Gasteiger charge is -2.33. The van der Waals surface area contributed by atoms with E-state index in [-0.39, 0.29) is 24.1 Å². The largest absolute Gasteiger partial charge is 0.497 e. The van der Waals surface area contributed by atoms with Crippen LogP contribution in [0.4, 0.5) is 10.3 Å². The number of fused-ring (bicyclic) bond motifs is 1. The third-order valence-electron chi connectivity index (χ3n) is 7.01. The normalized spacial score (nSPS) is 15.8. The van der Waals surface area contributed by atoms with E-state index in [2.05, 4.69) is 11.8 Å². The Morgan fingerprint density at radius 2 is 1.70 bits per heavy atom. The van der Waals surface area contributed by atoms with Gasteiger partial charge in [0.2, 0.25) is 11.8 Å². The number of hydrogen-bond acceptors (Lipinski definition) is 7. The molecule has 0 atom stereocenters. The number of anilines is 1. The van der Waals surface area contributed by atoms with Gasteiger partial charge in [0.15, 0.2) is 11.6 Å². The predicted octanol–water partition coefficient (Wildman–Crippen LogP) is 4.86. The second kappa shape index (κ2) is 10.6. The number of piperidine rings is 1. The number of carbonyl (C=O) groups excluding carboxylic acids is 1. The van der Waals surface area contributed by atoms with Gasteiger partial charge < -0.3 is 24.0 Å². The molecule has 1 fully saturated rings. The van der Waals surface area contributed by atoms with Crippen molar-refractivity contribution in [1.29, 1.82) is 0 Å². The number of benzene rings is 2. The van der Waals surface area contributed by atoms with Gasteiger partial charge in [-0.3, -0.25) is 4.79 Å². The van der Waals surface area contributed by atoms with E-state index in [1.165, 1.54) is 6.07 Å². The number of para-hydroxylation sites is 1. The van der Waals surface area contributed by atoms with Gasteiger partial charge in [0.25, 0.3) is 5.91 Å². The molecule has 2 aliphatic rings. The maximum absolute atomic E-state index is 14.5. The molecule has 0 aliphatic carbocycles. The van der Waals surface area contributed by atoms with E-state index in [0.717, 1.165) is 31.6 Å². The Bertz CT molecular complexity index is 1270. The van der Waals surface area contributed by atoms with E-state index in [9.17, 15) is 9.18 Å². The number of ether oxygens (including phenoxy) is 3. The molecule has 0 bridgehead atoms. The molecular formula is C28H31FN4O4. The summed E-state index contributed by atoms with van der Waals surface area (Å²) >= 11 is 0. The molecule has 1 saturated heterocycles. The Hall–Kier alpha value is -3.88. The van der Waals surface area contributed by atoms with Crippen molar-refractivity contribution in [3.63, 3.8) is 0 Å². The fourth-order valence-corrected chi connectivity index (χ4v) is 4.72. The summed E-state index contributed by atoms with van der Waals surface area (Å²) in [6.07, 6.45) is 2.67. The van der Waals surface area contributed by atoms with Crippen LogP contribution in [-0.4, -0.2) is 54.6 Å². The van der Waals surface area contributed by atoms with E-state index >= 15 is 0 Å². The molecule has 0 N–H and O–H groups in total. The van der Waals surface area contributed by atoms with E-state index in [1.807, 2.05) is 0 Å². The van der Waals surface area contributed by atoms with Crippen LogP contribution in [0, 0.1) is 11.7 Å². The van der Waals surface area contributed by atoms with E-state index in [1.54, 1.807) is 55.5 Å². The summed E-state index contributed by atoms with van der Waals surface area (Å²) < 4.78 is 31.2. The Balaban J connectivity index is 1.48. The summed E-state index contributed by atoms with van der Waals surface area (Å²) in [4.78, 5) is 27.0. The van der Waals surface area contributed by atoms with Crippen LogP contribution in [0.1, 0.15) is 41.4 Å². The zero-order valence-corrected chi connectivity index (χ0v) is 21.4. The number of halogens is 1. The molecular weight excluding hydrogens is 475 g/mol. The van der Waals surface area contributed by atoms with Crippen molar-refractivity contribution in [1.82, 2.24) is 14.9 Å². The lowest BCUT2D eigenvalue weighted by Crippen LogP contribution is -2.38. The highest BCUT2D eigenvalue weighted by atomic mass is 19.1. The minimum atomic E-state index is -0.476. The minimum Gasteiger partial charge on any atom is -0.497 e. The third kappa shape index (κ3) is 5.30. The standard InChI is InChI=1S/C28H31FN4O4/c1-18-8-11-32(12-9-18)28-30-24-10-13-33(27(34)19-14-20(35-2)16-21(15-19)36-3)17-22(24)26(31-28)37-25-7-5-4-6-23(25)29/h4-7,14-16,18H,8-13,17H2,1-3H3. The molecule has 8 nitrogen and oxygen atoms in total. The van der Waals surface area contributed by atoms with E-state index in [4.69, 9.17) is 24.2 Å². The molecule has 3 aromatic rings. The number of carbonyl (C=O) groups is 1. The molecule has 5 rings (SSSR count). The maximum Gasteiger partial charge on any atom is 0.254 e. The van der Waals surface area contributed by atoms with Crippen LogP contribution < -0.4 is 19.1 Å². The number of aromatic nitrogens is 2. The second-order valence-electron chi connectivity index (χ2n) is 9.53. The van der Waals surface area contributed by atoms with Crippen molar-refractivity contribution in [2.45, 2.75) is 32.7 Å². The Kier molecular flexibility index (Phi) is 7.12. The second-order valence-corrected chi connectivity index (χ2v) is 9.53. The summed E-state index contributed by atoms with van der Waals surface area (Å²) in [7, 11) is 3.09. The van der Waals surface area contributed by atoms with Crippen LogP contribution in [0.3, 0.4) is 0 Å². The van der Waals surface area contributed by atoms with Crippen molar-refractivity contribution in [2.75, 3.05) is 38.8 Å². The molecule has 0 unspecified atom stereocenters. The first-order valence-corrected chi connectivity index (χ1v) is 12.5. The molecule has 9 heteroatoms. The molecule has 0 saturated carbocycles. The van der Waals surface area contributed by atoms with Crippen molar-refractivity contribution >= 4 is 11.9 Å². The minimum absolute atomic E-state index is 0.0857. The van der Waals surface area contributed by atoms with Crippen LogP contribution in [0.2, 0.25) is 0 Å². The number of nitrogens with zero attached hydrogens (tertiary/aromatic N) is 4. The SMILES string of the molecule is COc1cc(OC)cc(C(=O)N2CCc3nc(N4CCC(C)CC4)nc(Oc4ccccc4F)c3C2)c1. The zero-order valence-electron chi connectivity index (χ0n) is 21.4. The summed E-state index contributed by atoms with van der Waals surface area (Å²) in [5.74, 6) is 2.04. The lowest BCUT2D eigenvalue weighted by atomic mass is 9.99. The first-order valence-electron chi connectivity index (χ1n) is 12.5. The predicted molar refractivity (Wildman–Crippen MR) is 137 cm³/mol. The summed E-state index contributed by atoms with van der Waals surface area (Å²) in [6.45, 7) is 4.71. The summed E-state index contributed by atoms with van der Waals surface area (Å²) in [5.41, 5.74) is 1.96. The quantitative estimate of drug-likeness (QED) is 0.473. The van der Waals surface area contributed by atoms with Gasteiger partial charge in [0.05, 0.1) is 32.0 Å². The Morgan fingerprint density at radius 1 is 1.00 bits per heavy atom. The van der Waals surface area contributed by atoms with Gasteiger partial charge in [-0.2, -0.15) is 4.98 Å². The topological polar surface area (TPSA) is 77.0 Å². The highest BCUT2D eigenvalue weighted by Gasteiger charge is 2.30. The lowest BCUT2D eigenvalue weighted by molar-refractivity contribution is 0.0731. The fraction of sp³-hybridized carbons (Fsp3) is 0.393. The first-order chi connectivity index (χ1) is 17.9. The molecule has 194 valence electrons. The van der Waals surface area contributed by atoms with Crippen LogP contribution in [-0.2, 0) is 13.0 Å². The van der Waals surface area contributed by atoms with Gasteiger partial charge in [-0.15, -0.1) is 0 Å². The van der Waals surface area contributed by atoms with Crippen LogP contribution in [0.15, 0.2) is 42.5 Å². The van der Waals surface area contributed by atoms with Crippen molar-refractivity contribution in [3.8, 4) is 23.1 Å². The van der Waals surface area contributed by atoms with Crippen molar-refractivity contribution < 1.29 is 23.4 Å². The molecule has 3 heterocycles. The highest BCUT2D eigenvalue weighted by molar-refractivity contribution is 5.95. The van der Waals surface area contributed by atoms with E-state index in [0.29, 0.717) is 47.5 Å². The highest BCUT2D eigenvalue weighted by Crippen LogP contribution is 2.34. The van der Waals surface area contributed by atoms with Crippen LogP contribution in [0.25, 0.3) is 0 Å². The van der Waals surface area contributed by atoms with E-state index < -0.39 is 5.82 Å². The molecule has 1 aromatic heterocycles.